The number of carbonyl (C=O) groups is 1. The average Bonchev–Trinajstić information content (AvgIpc) is 2.84. The van der Waals surface area contributed by atoms with Crippen LogP contribution in [-0.4, -0.2) is 24.2 Å². The molecule has 0 bridgehead atoms. The van der Waals surface area contributed by atoms with Gasteiger partial charge < -0.3 is 10.4 Å². The van der Waals surface area contributed by atoms with E-state index in [1.165, 1.54) is 31.8 Å². The molecule has 0 heterocycles. The van der Waals surface area contributed by atoms with E-state index in [0.29, 0.717) is 12.0 Å². The number of carboxylic acid groups (broad SMARTS) is 1. The zero-order chi connectivity index (χ0) is 11.3. The maximum Gasteiger partial charge on any atom is 0.328 e. The molecule has 0 radical (unpaired) electrons. The van der Waals surface area contributed by atoms with Crippen molar-refractivity contribution in [1.29, 1.82) is 0 Å². The first-order valence-corrected chi connectivity index (χ1v) is 5.69. The quantitative estimate of drug-likeness (QED) is 0.635. The molecule has 1 fully saturated rings. The third kappa shape index (κ3) is 4.47. The van der Waals surface area contributed by atoms with E-state index in [-0.39, 0.29) is 0 Å². The molecule has 2 N–H and O–H groups in total. The molecule has 86 valence electrons. The van der Waals surface area contributed by atoms with E-state index < -0.39 is 5.97 Å². The summed E-state index contributed by atoms with van der Waals surface area (Å²) in [6.07, 6.45) is 6.46. The molecule has 1 aliphatic rings. The first-order valence-electron chi connectivity index (χ1n) is 5.69. The smallest absolute Gasteiger partial charge is 0.328 e. The topological polar surface area (TPSA) is 49.3 Å². The summed E-state index contributed by atoms with van der Waals surface area (Å²) in [5, 5.41) is 11.9. The summed E-state index contributed by atoms with van der Waals surface area (Å²) in [7, 11) is 0. The maximum absolute atomic E-state index is 10.4. The van der Waals surface area contributed by atoms with Crippen molar-refractivity contribution in [3.63, 3.8) is 0 Å². The Morgan fingerprint density at radius 1 is 1.53 bits per heavy atom. The molecule has 1 rings (SSSR count). The van der Waals surface area contributed by atoms with E-state index in [4.69, 9.17) is 5.11 Å². The van der Waals surface area contributed by atoms with Gasteiger partial charge in [-0.05, 0) is 31.6 Å². The molecule has 0 amide bonds. The van der Waals surface area contributed by atoms with Crippen molar-refractivity contribution in [2.45, 2.75) is 39.5 Å². The molecule has 0 aromatic heterocycles. The van der Waals surface area contributed by atoms with Crippen LogP contribution in [0, 0.1) is 5.41 Å². The number of carboxylic acids is 1. The molecule has 0 atom stereocenters. The lowest BCUT2D eigenvalue weighted by Gasteiger charge is -2.14. The first kappa shape index (κ1) is 12.2. The Morgan fingerprint density at radius 3 is 2.67 bits per heavy atom. The van der Waals surface area contributed by atoms with Gasteiger partial charge in [0, 0.05) is 19.2 Å². The number of hydrogen-bond acceptors (Lipinski definition) is 2. The van der Waals surface area contributed by atoms with Crippen molar-refractivity contribution in [3.05, 3.63) is 11.6 Å². The molecule has 3 nitrogen and oxygen atoms in total. The van der Waals surface area contributed by atoms with Gasteiger partial charge in [0.25, 0.3) is 0 Å². The molecule has 15 heavy (non-hydrogen) atoms. The summed E-state index contributed by atoms with van der Waals surface area (Å²) in [6, 6.07) is 0. The highest BCUT2D eigenvalue weighted by Gasteiger charge is 2.40. The molecule has 0 spiro atoms. The van der Waals surface area contributed by atoms with Crippen LogP contribution in [0.5, 0.6) is 0 Å². The summed E-state index contributed by atoms with van der Waals surface area (Å²) < 4.78 is 0. The predicted molar refractivity (Wildman–Crippen MR) is 60.8 cm³/mol. The van der Waals surface area contributed by atoms with Gasteiger partial charge in [-0.1, -0.05) is 18.9 Å². The summed E-state index contributed by atoms with van der Waals surface area (Å²) in [5.74, 6) is -0.857. The third-order valence-electron chi connectivity index (χ3n) is 3.01. The summed E-state index contributed by atoms with van der Waals surface area (Å²) in [4.78, 5) is 10.4. The van der Waals surface area contributed by atoms with Crippen molar-refractivity contribution >= 4 is 5.97 Å². The van der Waals surface area contributed by atoms with Crippen LogP contribution in [0.2, 0.25) is 0 Å². The van der Waals surface area contributed by atoms with Crippen molar-refractivity contribution in [1.82, 2.24) is 5.32 Å². The second-order valence-electron chi connectivity index (χ2n) is 4.68. The second-order valence-corrected chi connectivity index (χ2v) is 4.68. The van der Waals surface area contributed by atoms with Crippen molar-refractivity contribution < 1.29 is 9.90 Å². The first-order chi connectivity index (χ1) is 7.08. The van der Waals surface area contributed by atoms with E-state index >= 15 is 0 Å². The molecule has 1 aliphatic carbocycles. The minimum Gasteiger partial charge on any atom is -0.478 e. The predicted octanol–water partition coefficient (Wildman–Crippen LogP) is 2.19. The van der Waals surface area contributed by atoms with E-state index in [0.717, 1.165) is 12.1 Å². The highest BCUT2D eigenvalue weighted by atomic mass is 16.4. The number of rotatable bonds is 7. The van der Waals surface area contributed by atoms with Gasteiger partial charge in [-0.25, -0.2) is 4.79 Å². The summed E-state index contributed by atoms with van der Waals surface area (Å²) in [5.41, 5.74) is 1.42. The monoisotopic (exact) mass is 211 g/mol. The van der Waals surface area contributed by atoms with Gasteiger partial charge in [0.2, 0.25) is 0 Å². The number of hydrogen-bond donors (Lipinski definition) is 2. The van der Waals surface area contributed by atoms with Crippen LogP contribution in [-0.2, 0) is 4.79 Å². The van der Waals surface area contributed by atoms with Gasteiger partial charge in [0.15, 0.2) is 0 Å². The standard InChI is InChI=1S/C12H21NO2/c1-3-4-12(5-6-12)9-13-8-10(2)7-11(14)15/h7,13H,3-6,8-9H2,1-2H3,(H,14,15). The van der Waals surface area contributed by atoms with Crippen LogP contribution in [0.25, 0.3) is 0 Å². The normalized spacial score (nSPS) is 18.9. The Hall–Kier alpha value is -0.830. The van der Waals surface area contributed by atoms with E-state index in [1.807, 2.05) is 6.92 Å². The number of aliphatic carboxylic acids is 1. The van der Waals surface area contributed by atoms with Gasteiger partial charge in [-0.15, -0.1) is 0 Å². The van der Waals surface area contributed by atoms with Crippen LogP contribution in [0.4, 0.5) is 0 Å². The minimum atomic E-state index is -0.857. The van der Waals surface area contributed by atoms with Crippen LogP contribution < -0.4 is 5.32 Å². The Kier molecular flexibility index (Phi) is 4.33. The highest BCUT2D eigenvalue weighted by molar-refractivity contribution is 5.80. The second kappa shape index (κ2) is 5.31. The van der Waals surface area contributed by atoms with Crippen molar-refractivity contribution in [2.75, 3.05) is 13.1 Å². The minimum absolute atomic E-state index is 0.540. The molecule has 3 heteroatoms. The third-order valence-corrected chi connectivity index (χ3v) is 3.01. The molecular formula is C12H21NO2. The Morgan fingerprint density at radius 2 is 2.20 bits per heavy atom. The lowest BCUT2D eigenvalue weighted by molar-refractivity contribution is -0.131. The fourth-order valence-corrected chi connectivity index (χ4v) is 2.01. The van der Waals surface area contributed by atoms with Gasteiger partial charge >= 0.3 is 5.97 Å². The van der Waals surface area contributed by atoms with Crippen LogP contribution in [0.3, 0.4) is 0 Å². The fourth-order valence-electron chi connectivity index (χ4n) is 2.01. The highest BCUT2D eigenvalue weighted by Crippen LogP contribution is 2.48. The molecular weight excluding hydrogens is 190 g/mol. The fraction of sp³-hybridized carbons (Fsp3) is 0.750. The van der Waals surface area contributed by atoms with E-state index in [9.17, 15) is 4.79 Å². The molecule has 0 aromatic rings. The zero-order valence-electron chi connectivity index (χ0n) is 9.68. The largest absolute Gasteiger partial charge is 0.478 e. The molecule has 1 saturated carbocycles. The molecule has 0 unspecified atom stereocenters. The Balaban J connectivity index is 2.19. The molecule has 0 aromatic carbocycles. The Labute approximate surface area is 91.6 Å². The molecule has 0 aliphatic heterocycles. The lowest BCUT2D eigenvalue weighted by Crippen LogP contribution is -2.25. The van der Waals surface area contributed by atoms with Crippen molar-refractivity contribution in [2.24, 2.45) is 5.41 Å². The van der Waals surface area contributed by atoms with Crippen LogP contribution >= 0.6 is 0 Å². The van der Waals surface area contributed by atoms with Gasteiger partial charge in [-0.3, -0.25) is 0 Å². The molecule has 0 saturated heterocycles. The van der Waals surface area contributed by atoms with Crippen LogP contribution in [0.1, 0.15) is 39.5 Å². The van der Waals surface area contributed by atoms with Gasteiger partial charge in [0.1, 0.15) is 0 Å². The Bertz CT molecular complexity index is 254. The van der Waals surface area contributed by atoms with E-state index in [1.54, 1.807) is 0 Å². The van der Waals surface area contributed by atoms with Crippen LogP contribution in [0.15, 0.2) is 11.6 Å². The van der Waals surface area contributed by atoms with E-state index in [2.05, 4.69) is 12.2 Å². The number of nitrogens with one attached hydrogen (secondary N) is 1. The summed E-state index contributed by atoms with van der Waals surface area (Å²) in [6.45, 7) is 5.79. The zero-order valence-corrected chi connectivity index (χ0v) is 9.68. The van der Waals surface area contributed by atoms with Gasteiger partial charge in [-0.2, -0.15) is 0 Å². The lowest BCUT2D eigenvalue weighted by atomic mass is 10.0. The van der Waals surface area contributed by atoms with Crippen molar-refractivity contribution in [3.8, 4) is 0 Å². The summed E-state index contributed by atoms with van der Waals surface area (Å²) >= 11 is 0. The average molecular weight is 211 g/mol. The van der Waals surface area contributed by atoms with Gasteiger partial charge in [0.05, 0.1) is 0 Å². The maximum atomic E-state index is 10.4. The SMILES string of the molecule is CCCC1(CNCC(C)=CC(=O)O)CC1.